The molecule has 1 atom stereocenters. The molecule has 0 unspecified atom stereocenters. The molecule has 0 N–H and O–H groups in total. The second kappa shape index (κ2) is 6.38. The maximum Gasteiger partial charge on any atom is 0.410 e. The van der Waals surface area contributed by atoms with Gasteiger partial charge in [-0.25, -0.2) is 22.9 Å². The lowest BCUT2D eigenvalue weighted by Crippen LogP contribution is -2.30. The molecule has 1 amide bonds. The number of hydrogen-bond acceptors (Lipinski definition) is 4. The maximum atomic E-state index is 13.5. The van der Waals surface area contributed by atoms with Gasteiger partial charge in [-0.15, -0.1) is 0 Å². The van der Waals surface area contributed by atoms with Crippen molar-refractivity contribution in [1.82, 2.24) is 9.88 Å². The Hall–Kier alpha value is -2.77. The van der Waals surface area contributed by atoms with Crippen LogP contribution in [0.15, 0.2) is 30.5 Å². The van der Waals surface area contributed by atoms with Crippen LogP contribution in [0.2, 0.25) is 0 Å². The van der Waals surface area contributed by atoms with Crippen molar-refractivity contribution in [2.45, 2.75) is 19.5 Å². The van der Waals surface area contributed by atoms with E-state index in [2.05, 4.69) is 4.98 Å². The number of pyridine rings is 1. The summed E-state index contributed by atoms with van der Waals surface area (Å²) in [7, 11) is 0. The molecule has 5 nitrogen and oxygen atoms in total. The number of cyclic esters (lactones) is 1. The number of hydrogen-bond donors (Lipinski definition) is 0. The second-order valence-corrected chi connectivity index (χ2v) is 5.36. The number of benzene rings is 1. The summed E-state index contributed by atoms with van der Waals surface area (Å²) in [5.41, 5.74) is 0.702. The van der Waals surface area contributed by atoms with E-state index in [1.165, 1.54) is 17.2 Å². The molecule has 1 aromatic carbocycles. The summed E-state index contributed by atoms with van der Waals surface area (Å²) in [5, 5.41) is 0. The van der Waals surface area contributed by atoms with Crippen molar-refractivity contribution in [3.63, 3.8) is 0 Å². The lowest BCUT2D eigenvalue weighted by Gasteiger charge is -2.17. The number of halogens is 3. The standard InChI is InChI=1S/C16H13F3N2O3/c1-9-8-23-16(22)21(9)7-10-2-3-14(20-6-10)24-15-12(18)4-11(17)5-13(15)19/h2-6,9H,7-8H2,1H3/t9-/m0/s1. The minimum Gasteiger partial charge on any atom is -0.447 e. The van der Waals surface area contributed by atoms with Gasteiger partial charge in [-0.3, -0.25) is 4.90 Å². The van der Waals surface area contributed by atoms with Gasteiger partial charge in [0.25, 0.3) is 0 Å². The summed E-state index contributed by atoms with van der Waals surface area (Å²) in [6.07, 6.45) is 1.02. The van der Waals surface area contributed by atoms with E-state index in [4.69, 9.17) is 9.47 Å². The number of carbonyl (C=O) groups excluding carboxylic acids is 1. The summed E-state index contributed by atoms with van der Waals surface area (Å²) in [6, 6.07) is 4.01. The number of ether oxygens (including phenoxy) is 2. The number of aromatic nitrogens is 1. The molecular weight excluding hydrogens is 325 g/mol. The van der Waals surface area contributed by atoms with E-state index in [-0.39, 0.29) is 11.9 Å². The molecule has 1 aromatic heterocycles. The summed E-state index contributed by atoms with van der Waals surface area (Å²) in [5.74, 6) is -4.14. The molecular formula is C16H13F3N2O3. The summed E-state index contributed by atoms with van der Waals surface area (Å²) in [4.78, 5) is 17.0. The Balaban J connectivity index is 1.72. The Bertz CT molecular complexity index is 745. The largest absolute Gasteiger partial charge is 0.447 e. The van der Waals surface area contributed by atoms with E-state index in [1.807, 2.05) is 6.92 Å². The first-order chi connectivity index (χ1) is 11.4. The lowest BCUT2D eigenvalue weighted by molar-refractivity contribution is 0.156. The maximum absolute atomic E-state index is 13.5. The average molecular weight is 338 g/mol. The number of carbonyl (C=O) groups is 1. The van der Waals surface area contributed by atoms with Crippen LogP contribution in [0.5, 0.6) is 11.6 Å². The minimum atomic E-state index is -1.16. The Kier molecular flexibility index (Phi) is 4.28. The van der Waals surface area contributed by atoms with Gasteiger partial charge in [0.2, 0.25) is 11.6 Å². The Morgan fingerprint density at radius 3 is 2.54 bits per heavy atom. The monoisotopic (exact) mass is 338 g/mol. The molecule has 0 bridgehead atoms. The van der Waals surface area contributed by atoms with Crippen molar-refractivity contribution in [1.29, 1.82) is 0 Å². The summed E-state index contributed by atoms with van der Waals surface area (Å²) >= 11 is 0. The normalized spacial score (nSPS) is 17.1. The van der Waals surface area contributed by atoms with Crippen LogP contribution in [0, 0.1) is 17.5 Å². The zero-order valence-corrected chi connectivity index (χ0v) is 12.6. The Labute approximate surface area is 135 Å². The van der Waals surface area contributed by atoms with Crippen LogP contribution >= 0.6 is 0 Å². The molecule has 8 heteroatoms. The van der Waals surface area contributed by atoms with Gasteiger partial charge in [0, 0.05) is 24.4 Å². The van der Waals surface area contributed by atoms with Gasteiger partial charge in [-0.05, 0) is 12.5 Å². The van der Waals surface area contributed by atoms with E-state index >= 15 is 0 Å². The van der Waals surface area contributed by atoms with Crippen molar-refractivity contribution >= 4 is 6.09 Å². The highest BCUT2D eigenvalue weighted by molar-refractivity contribution is 5.70. The zero-order valence-electron chi connectivity index (χ0n) is 12.6. The summed E-state index contributed by atoms with van der Waals surface area (Å²) < 4.78 is 49.9. The molecule has 0 saturated carbocycles. The van der Waals surface area contributed by atoms with Crippen molar-refractivity contribution in [2.24, 2.45) is 0 Å². The van der Waals surface area contributed by atoms with Gasteiger partial charge in [0.05, 0.1) is 12.6 Å². The first kappa shape index (κ1) is 16.1. The molecule has 0 spiro atoms. The van der Waals surface area contributed by atoms with Crippen LogP contribution in [-0.4, -0.2) is 28.6 Å². The predicted molar refractivity (Wildman–Crippen MR) is 77.0 cm³/mol. The second-order valence-electron chi connectivity index (χ2n) is 5.36. The van der Waals surface area contributed by atoms with E-state index in [1.54, 1.807) is 6.07 Å². The topological polar surface area (TPSA) is 51.7 Å². The SMILES string of the molecule is C[C@H]1COC(=O)N1Cc1ccc(Oc2c(F)cc(F)cc2F)nc1. The fourth-order valence-corrected chi connectivity index (χ4v) is 2.26. The van der Waals surface area contributed by atoms with Gasteiger partial charge >= 0.3 is 6.09 Å². The molecule has 1 aliphatic rings. The molecule has 2 heterocycles. The molecule has 3 rings (SSSR count). The van der Waals surface area contributed by atoms with Gasteiger partial charge in [-0.1, -0.05) is 6.07 Å². The zero-order chi connectivity index (χ0) is 17.3. The Morgan fingerprint density at radius 1 is 1.29 bits per heavy atom. The van der Waals surface area contributed by atoms with E-state index in [0.717, 1.165) is 0 Å². The summed E-state index contributed by atoms with van der Waals surface area (Å²) in [6.45, 7) is 2.49. The smallest absolute Gasteiger partial charge is 0.410 e. The van der Waals surface area contributed by atoms with Gasteiger partial charge in [0.15, 0.2) is 11.6 Å². The van der Waals surface area contributed by atoms with Gasteiger partial charge in [0.1, 0.15) is 12.4 Å². The molecule has 1 fully saturated rings. The third-order valence-corrected chi connectivity index (χ3v) is 3.53. The minimum absolute atomic E-state index is 0.0455. The predicted octanol–water partition coefficient (Wildman–Crippen LogP) is 3.63. The van der Waals surface area contributed by atoms with E-state index in [0.29, 0.717) is 30.8 Å². The molecule has 2 aromatic rings. The number of rotatable bonds is 4. The lowest BCUT2D eigenvalue weighted by atomic mass is 10.2. The van der Waals surface area contributed by atoms with E-state index in [9.17, 15) is 18.0 Å². The highest BCUT2D eigenvalue weighted by Crippen LogP contribution is 2.27. The molecule has 0 aliphatic carbocycles. The molecule has 126 valence electrons. The molecule has 0 radical (unpaired) electrons. The fourth-order valence-electron chi connectivity index (χ4n) is 2.26. The quantitative estimate of drug-likeness (QED) is 0.854. The van der Waals surface area contributed by atoms with Crippen LogP contribution in [-0.2, 0) is 11.3 Å². The van der Waals surface area contributed by atoms with Gasteiger partial charge < -0.3 is 9.47 Å². The Morgan fingerprint density at radius 2 is 2.00 bits per heavy atom. The van der Waals surface area contributed by atoms with Crippen LogP contribution in [0.25, 0.3) is 0 Å². The fraction of sp³-hybridized carbons (Fsp3) is 0.250. The van der Waals surface area contributed by atoms with Crippen molar-refractivity contribution in [3.8, 4) is 11.6 Å². The third-order valence-electron chi connectivity index (χ3n) is 3.53. The van der Waals surface area contributed by atoms with Crippen LogP contribution in [0.3, 0.4) is 0 Å². The highest BCUT2D eigenvalue weighted by atomic mass is 19.1. The average Bonchev–Trinajstić information content (AvgIpc) is 2.84. The first-order valence-electron chi connectivity index (χ1n) is 7.15. The van der Waals surface area contributed by atoms with Crippen molar-refractivity contribution in [2.75, 3.05) is 6.61 Å². The molecule has 24 heavy (non-hydrogen) atoms. The van der Waals surface area contributed by atoms with Gasteiger partial charge in [-0.2, -0.15) is 0 Å². The van der Waals surface area contributed by atoms with Crippen molar-refractivity contribution < 1.29 is 27.4 Å². The van der Waals surface area contributed by atoms with Crippen LogP contribution in [0.1, 0.15) is 12.5 Å². The number of amides is 1. The molecule has 1 saturated heterocycles. The van der Waals surface area contributed by atoms with Crippen LogP contribution in [0.4, 0.5) is 18.0 Å². The van der Waals surface area contributed by atoms with Crippen LogP contribution < -0.4 is 4.74 Å². The third kappa shape index (κ3) is 3.27. The highest BCUT2D eigenvalue weighted by Gasteiger charge is 2.29. The van der Waals surface area contributed by atoms with E-state index < -0.39 is 29.3 Å². The number of nitrogens with zero attached hydrogens (tertiary/aromatic N) is 2. The van der Waals surface area contributed by atoms with Crippen molar-refractivity contribution in [3.05, 3.63) is 53.5 Å². The molecule has 1 aliphatic heterocycles. The first-order valence-corrected chi connectivity index (χ1v) is 7.15.